The van der Waals surface area contributed by atoms with Crippen LogP contribution in [-0.4, -0.2) is 24.6 Å². The molecule has 0 bridgehead atoms. The fourth-order valence-electron chi connectivity index (χ4n) is 2.78. The van der Waals surface area contributed by atoms with Crippen LogP contribution in [0.4, 0.5) is 0 Å². The lowest BCUT2D eigenvalue weighted by Gasteiger charge is -2.21. The highest BCUT2D eigenvalue weighted by atomic mass is 16.5. The van der Waals surface area contributed by atoms with Crippen LogP contribution in [0.25, 0.3) is 0 Å². The monoisotopic (exact) mass is 244 g/mol. The molecule has 1 aromatic rings. The number of nitrogens with zero attached hydrogens (tertiary/aromatic N) is 2. The van der Waals surface area contributed by atoms with Gasteiger partial charge in [0.2, 0.25) is 0 Å². The number of hydrogen-bond donors (Lipinski definition) is 0. The van der Waals surface area contributed by atoms with Gasteiger partial charge in [-0.1, -0.05) is 13.0 Å². The first kappa shape index (κ1) is 12.9. The van der Waals surface area contributed by atoms with E-state index in [1.165, 1.54) is 12.0 Å². The minimum Gasteiger partial charge on any atom is -0.495 e. The second-order valence-corrected chi connectivity index (χ2v) is 5.27. The molecule has 3 heteroatoms. The minimum atomic E-state index is 0.620. The van der Waals surface area contributed by atoms with Crippen molar-refractivity contribution in [2.75, 3.05) is 13.7 Å². The first-order valence-electron chi connectivity index (χ1n) is 6.45. The van der Waals surface area contributed by atoms with E-state index in [4.69, 9.17) is 10.00 Å². The minimum absolute atomic E-state index is 0.620. The van der Waals surface area contributed by atoms with Crippen LogP contribution in [0.5, 0.6) is 5.75 Å². The molecule has 1 aromatic carbocycles. The van der Waals surface area contributed by atoms with Crippen LogP contribution in [0, 0.1) is 17.2 Å². The second-order valence-electron chi connectivity index (χ2n) is 5.27. The van der Waals surface area contributed by atoms with Gasteiger partial charge < -0.3 is 4.74 Å². The molecule has 0 spiro atoms. The van der Waals surface area contributed by atoms with Gasteiger partial charge in [0.05, 0.1) is 12.7 Å². The normalized spacial score (nSPS) is 23.9. The Bertz CT molecular complexity index is 464. The van der Waals surface area contributed by atoms with Gasteiger partial charge in [0, 0.05) is 19.1 Å². The van der Waals surface area contributed by atoms with Crippen LogP contribution in [0.15, 0.2) is 18.2 Å². The van der Waals surface area contributed by atoms with Crippen LogP contribution < -0.4 is 4.74 Å². The number of hydrogen-bond acceptors (Lipinski definition) is 3. The second kappa shape index (κ2) is 5.41. The fourth-order valence-corrected chi connectivity index (χ4v) is 2.78. The van der Waals surface area contributed by atoms with E-state index in [2.05, 4.69) is 30.9 Å². The smallest absolute Gasteiger partial charge is 0.136 e. The Balaban J connectivity index is 2.13. The molecule has 1 fully saturated rings. The van der Waals surface area contributed by atoms with Gasteiger partial charge in [-0.2, -0.15) is 5.26 Å². The molecule has 2 unspecified atom stereocenters. The van der Waals surface area contributed by atoms with Crippen LogP contribution in [0.3, 0.4) is 0 Å². The third-order valence-electron chi connectivity index (χ3n) is 3.68. The van der Waals surface area contributed by atoms with E-state index in [0.717, 1.165) is 19.0 Å². The zero-order valence-electron chi connectivity index (χ0n) is 11.3. The highest BCUT2D eigenvalue weighted by molar-refractivity contribution is 5.45. The molecule has 2 rings (SSSR count). The first-order valence-corrected chi connectivity index (χ1v) is 6.45. The van der Waals surface area contributed by atoms with Gasteiger partial charge in [-0.05, 0) is 37.0 Å². The van der Waals surface area contributed by atoms with Crippen molar-refractivity contribution in [3.8, 4) is 11.8 Å². The van der Waals surface area contributed by atoms with E-state index in [0.29, 0.717) is 17.4 Å². The van der Waals surface area contributed by atoms with Crippen LogP contribution >= 0.6 is 0 Å². The molecule has 0 amide bonds. The average molecular weight is 244 g/mol. The van der Waals surface area contributed by atoms with E-state index in [1.54, 1.807) is 7.11 Å². The van der Waals surface area contributed by atoms with E-state index in [-0.39, 0.29) is 0 Å². The highest BCUT2D eigenvalue weighted by Gasteiger charge is 2.25. The number of likely N-dealkylation sites (tertiary alicyclic amines) is 1. The van der Waals surface area contributed by atoms with Gasteiger partial charge in [-0.15, -0.1) is 0 Å². The molecule has 96 valence electrons. The maximum absolute atomic E-state index is 9.09. The van der Waals surface area contributed by atoms with E-state index in [1.807, 2.05) is 12.1 Å². The van der Waals surface area contributed by atoms with Crippen molar-refractivity contribution >= 4 is 0 Å². The summed E-state index contributed by atoms with van der Waals surface area (Å²) in [7, 11) is 1.60. The molecule has 0 N–H and O–H groups in total. The van der Waals surface area contributed by atoms with Gasteiger partial charge in [0.1, 0.15) is 11.8 Å². The maximum Gasteiger partial charge on any atom is 0.136 e. The molecule has 1 saturated heterocycles. The molecule has 18 heavy (non-hydrogen) atoms. The Morgan fingerprint density at radius 3 is 2.78 bits per heavy atom. The highest BCUT2D eigenvalue weighted by Crippen LogP contribution is 2.26. The van der Waals surface area contributed by atoms with Crippen molar-refractivity contribution in [1.29, 1.82) is 5.26 Å². The van der Waals surface area contributed by atoms with Gasteiger partial charge in [0.15, 0.2) is 0 Å². The molecular weight excluding hydrogens is 224 g/mol. The Labute approximate surface area is 109 Å². The summed E-state index contributed by atoms with van der Waals surface area (Å²) < 4.78 is 5.16. The molecular formula is C15H20N2O. The Kier molecular flexibility index (Phi) is 3.88. The van der Waals surface area contributed by atoms with Gasteiger partial charge >= 0.3 is 0 Å². The zero-order chi connectivity index (χ0) is 13.1. The summed E-state index contributed by atoms with van der Waals surface area (Å²) >= 11 is 0. The Morgan fingerprint density at radius 2 is 2.22 bits per heavy atom. The molecule has 0 aliphatic carbocycles. The lowest BCUT2D eigenvalue weighted by molar-refractivity contribution is 0.256. The van der Waals surface area contributed by atoms with Crippen molar-refractivity contribution in [2.24, 2.45) is 5.92 Å². The molecule has 1 heterocycles. The van der Waals surface area contributed by atoms with Crippen molar-refractivity contribution in [3.63, 3.8) is 0 Å². The quantitative estimate of drug-likeness (QED) is 0.820. The third kappa shape index (κ3) is 2.65. The van der Waals surface area contributed by atoms with Gasteiger partial charge in [-0.3, -0.25) is 4.90 Å². The average Bonchev–Trinajstić information content (AvgIpc) is 2.67. The maximum atomic E-state index is 9.09. The van der Waals surface area contributed by atoms with Crippen molar-refractivity contribution in [2.45, 2.75) is 32.9 Å². The molecule has 1 aliphatic rings. The van der Waals surface area contributed by atoms with E-state index < -0.39 is 0 Å². The number of benzene rings is 1. The van der Waals surface area contributed by atoms with Crippen molar-refractivity contribution in [1.82, 2.24) is 4.90 Å². The summed E-state index contributed by atoms with van der Waals surface area (Å²) in [4.78, 5) is 2.48. The van der Waals surface area contributed by atoms with Crippen molar-refractivity contribution in [3.05, 3.63) is 29.3 Å². The first-order chi connectivity index (χ1) is 8.63. The molecule has 0 radical (unpaired) electrons. The largest absolute Gasteiger partial charge is 0.495 e. The van der Waals surface area contributed by atoms with E-state index in [9.17, 15) is 0 Å². The Hall–Kier alpha value is -1.53. The summed E-state index contributed by atoms with van der Waals surface area (Å²) in [6, 6.07) is 8.70. The summed E-state index contributed by atoms with van der Waals surface area (Å²) in [5, 5.41) is 9.09. The van der Waals surface area contributed by atoms with Gasteiger partial charge in [-0.25, -0.2) is 0 Å². The summed E-state index contributed by atoms with van der Waals surface area (Å²) in [6.07, 6.45) is 1.27. The standard InChI is InChI=1S/C15H20N2O/c1-11-6-12(2)17(9-11)10-13-4-5-15(18-3)14(7-13)8-16/h4-5,7,11-12H,6,9-10H2,1-3H3. The predicted octanol–water partition coefficient (Wildman–Crippen LogP) is 2.80. The predicted molar refractivity (Wildman–Crippen MR) is 71.4 cm³/mol. The molecule has 0 saturated carbocycles. The molecule has 3 nitrogen and oxygen atoms in total. The Morgan fingerprint density at radius 1 is 1.44 bits per heavy atom. The number of rotatable bonds is 3. The molecule has 2 atom stereocenters. The molecule has 0 aromatic heterocycles. The summed E-state index contributed by atoms with van der Waals surface area (Å²) in [6.45, 7) is 6.64. The number of nitriles is 1. The van der Waals surface area contributed by atoms with Crippen LogP contribution in [-0.2, 0) is 6.54 Å². The lowest BCUT2D eigenvalue weighted by Crippen LogP contribution is -2.26. The lowest BCUT2D eigenvalue weighted by atomic mass is 10.1. The SMILES string of the molecule is COc1ccc(CN2CC(C)CC2C)cc1C#N. The van der Waals surface area contributed by atoms with Gasteiger partial charge in [0.25, 0.3) is 0 Å². The topological polar surface area (TPSA) is 36.3 Å². The summed E-state index contributed by atoms with van der Waals surface area (Å²) in [5.74, 6) is 1.43. The molecule has 1 aliphatic heterocycles. The van der Waals surface area contributed by atoms with Crippen LogP contribution in [0.1, 0.15) is 31.4 Å². The number of ether oxygens (including phenoxy) is 1. The number of methoxy groups -OCH3 is 1. The van der Waals surface area contributed by atoms with E-state index >= 15 is 0 Å². The summed E-state index contributed by atoms with van der Waals surface area (Å²) in [5.41, 5.74) is 1.81. The zero-order valence-corrected chi connectivity index (χ0v) is 11.3. The third-order valence-corrected chi connectivity index (χ3v) is 3.68. The fraction of sp³-hybridized carbons (Fsp3) is 0.533. The van der Waals surface area contributed by atoms with Crippen LogP contribution in [0.2, 0.25) is 0 Å². The van der Waals surface area contributed by atoms with Crippen molar-refractivity contribution < 1.29 is 4.74 Å².